The highest BCUT2D eigenvalue weighted by atomic mass is 16.3. The van der Waals surface area contributed by atoms with Crippen molar-refractivity contribution in [3.8, 4) is 44.5 Å². The van der Waals surface area contributed by atoms with Crippen LogP contribution in [0.1, 0.15) is 22.3 Å². The van der Waals surface area contributed by atoms with Gasteiger partial charge in [-0.05, 0) is 119 Å². The van der Waals surface area contributed by atoms with E-state index in [9.17, 15) is 0 Å². The maximum atomic E-state index is 6.57. The van der Waals surface area contributed by atoms with Crippen molar-refractivity contribution in [2.75, 3.05) is 0 Å². The van der Waals surface area contributed by atoms with Crippen LogP contribution < -0.4 is 0 Å². The van der Waals surface area contributed by atoms with E-state index in [1.54, 1.807) is 0 Å². The van der Waals surface area contributed by atoms with E-state index in [1.807, 2.05) is 0 Å². The topological polar surface area (TPSA) is 13.1 Å². The van der Waals surface area contributed by atoms with Crippen molar-refractivity contribution in [3.63, 3.8) is 0 Å². The van der Waals surface area contributed by atoms with Gasteiger partial charge in [0.05, 0.1) is 5.41 Å². The van der Waals surface area contributed by atoms with E-state index in [0.29, 0.717) is 0 Å². The lowest BCUT2D eigenvalue weighted by atomic mass is 9.69. The molecule has 1 spiro atoms. The van der Waals surface area contributed by atoms with Gasteiger partial charge < -0.3 is 4.42 Å². The van der Waals surface area contributed by atoms with Crippen molar-refractivity contribution in [2.24, 2.45) is 0 Å². The zero-order chi connectivity index (χ0) is 34.0. The van der Waals surface area contributed by atoms with Crippen molar-refractivity contribution in [1.82, 2.24) is 0 Å². The summed E-state index contributed by atoms with van der Waals surface area (Å²) in [5.41, 5.74) is 16.9. The Labute approximate surface area is 301 Å². The van der Waals surface area contributed by atoms with Crippen LogP contribution >= 0.6 is 0 Å². The maximum absolute atomic E-state index is 6.57. The number of rotatable bonds is 2. The van der Waals surface area contributed by atoms with Gasteiger partial charge in [0.15, 0.2) is 0 Å². The molecule has 0 atom stereocenters. The van der Waals surface area contributed by atoms with E-state index in [0.717, 1.165) is 21.9 Å². The third-order valence-electron chi connectivity index (χ3n) is 11.8. The Bertz CT molecular complexity index is 3080. The van der Waals surface area contributed by atoms with Crippen molar-refractivity contribution in [1.29, 1.82) is 0 Å². The molecule has 52 heavy (non-hydrogen) atoms. The summed E-state index contributed by atoms with van der Waals surface area (Å²) in [6.45, 7) is 0. The van der Waals surface area contributed by atoms with Crippen LogP contribution in [0.2, 0.25) is 0 Å². The normalized spacial score (nSPS) is 13.5. The molecule has 0 radical (unpaired) electrons. The third kappa shape index (κ3) is 3.52. The van der Waals surface area contributed by atoms with Gasteiger partial charge in [0.1, 0.15) is 11.2 Å². The second kappa shape index (κ2) is 10.2. The molecular weight excluding hydrogens is 629 g/mol. The number of hydrogen-bond donors (Lipinski definition) is 0. The van der Waals surface area contributed by atoms with Crippen molar-refractivity contribution >= 4 is 43.5 Å². The number of benzene rings is 9. The molecule has 0 unspecified atom stereocenters. The van der Waals surface area contributed by atoms with E-state index in [4.69, 9.17) is 4.42 Å². The lowest BCUT2D eigenvalue weighted by Crippen LogP contribution is -2.26. The predicted molar refractivity (Wildman–Crippen MR) is 216 cm³/mol. The molecule has 10 aromatic rings. The molecule has 12 rings (SSSR count). The minimum Gasteiger partial charge on any atom is -0.456 e. The minimum absolute atomic E-state index is 0.499. The molecule has 0 N–H and O–H groups in total. The third-order valence-corrected chi connectivity index (χ3v) is 11.8. The van der Waals surface area contributed by atoms with Gasteiger partial charge in [0, 0.05) is 10.8 Å². The van der Waals surface area contributed by atoms with Gasteiger partial charge in [0.2, 0.25) is 0 Å². The number of furan rings is 1. The van der Waals surface area contributed by atoms with Crippen LogP contribution in [0.5, 0.6) is 0 Å². The molecule has 1 aromatic heterocycles. The van der Waals surface area contributed by atoms with E-state index >= 15 is 0 Å². The monoisotopic (exact) mass is 658 g/mol. The molecule has 1 heterocycles. The summed E-state index contributed by atoms with van der Waals surface area (Å²) in [5, 5.41) is 7.28. The second-order valence-corrected chi connectivity index (χ2v) is 14.3. The molecule has 0 bridgehead atoms. The largest absolute Gasteiger partial charge is 0.456 e. The number of fused-ring (bicyclic) bond motifs is 16. The summed E-state index contributed by atoms with van der Waals surface area (Å²) in [4.78, 5) is 0. The van der Waals surface area contributed by atoms with Crippen LogP contribution in [0.3, 0.4) is 0 Å². The van der Waals surface area contributed by atoms with Gasteiger partial charge in [-0.3, -0.25) is 0 Å². The van der Waals surface area contributed by atoms with Gasteiger partial charge >= 0.3 is 0 Å². The quantitative estimate of drug-likeness (QED) is 0.180. The molecule has 2 aliphatic carbocycles. The summed E-state index contributed by atoms with van der Waals surface area (Å²) in [7, 11) is 0. The van der Waals surface area contributed by atoms with E-state index in [-0.39, 0.29) is 0 Å². The zero-order valence-corrected chi connectivity index (χ0v) is 28.2. The van der Waals surface area contributed by atoms with Gasteiger partial charge in [-0.1, -0.05) is 152 Å². The van der Waals surface area contributed by atoms with Gasteiger partial charge in [-0.2, -0.15) is 0 Å². The first-order chi connectivity index (χ1) is 25.8. The first-order valence-electron chi connectivity index (χ1n) is 18.1. The smallest absolute Gasteiger partial charge is 0.136 e. The number of hydrogen-bond acceptors (Lipinski definition) is 1. The lowest BCUT2D eigenvalue weighted by molar-refractivity contribution is 0.669. The standard InChI is InChI=1S/C51H30O/c1-2-13-31(14-3-1)41-28-34-17-6-7-18-37(34)50-49(41)40-26-25-35(29-45(40)51(50)43-22-10-8-19-38(43)39-20-9-11-23-44(39)51)36-21-12-24-46-48(36)42-27-32-15-4-5-16-33(32)30-47(42)52-46/h1-30H. The highest BCUT2D eigenvalue weighted by Crippen LogP contribution is 2.66. The molecule has 240 valence electrons. The van der Waals surface area contributed by atoms with Gasteiger partial charge in [-0.15, -0.1) is 0 Å². The molecule has 0 saturated heterocycles. The molecule has 2 aliphatic rings. The predicted octanol–water partition coefficient (Wildman–Crippen LogP) is 13.6. The van der Waals surface area contributed by atoms with Crippen LogP contribution in [-0.4, -0.2) is 0 Å². The molecule has 0 fully saturated rings. The minimum atomic E-state index is -0.499. The summed E-state index contributed by atoms with van der Waals surface area (Å²) in [6, 6.07) is 67.3. The average Bonchev–Trinajstić information content (AvgIpc) is 3.83. The SMILES string of the molecule is c1ccc(-c2cc3ccccc3c3c2-c2ccc(-c4cccc5oc6cc7ccccc7cc6c45)cc2C32c3ccccc3-c3ccccc32)cc1. The highest BCUT2D eigenvalue weighted by molar-refractivity contribution is 6.16. The van der Waals surface area contributed by atoms with Crippen molar-refractivity contribution in [2.45, 2.75) is 5.41 Å². The fourth-order valence-corrected chi connectivity index (χ4v) is 9.78. The molecule has 9 aromatic carbocycles. The first-order valence-corrected chi connectivity index (χ1v) is 18.1. The van der Waals surface area contributed by atoms with E-state index < -0.39 is 5.41 Å². The lowest BCUT2D eigenvalue weighted by Gasteiger charge is -2.32. The van der Waals surface area contributed by atoms with E-state index in [2.05, 4.69) is 182 Å². The average molecular weight is 659 g/mol. The van der Waals surface area contributed by atoms with E-state index in [1.165, 1.54) is 88.3 Å². The Hall–Kier alpha value is -6.70. The maximum Gasteiger partial charge on any atom is 0.136 e. The molecule has 1 heteroatoms. The van der Waals surface area contributed by atoms with Crippen molar-refractivity contribution in [3.05, 3.63) is 204 Å². The molecule has 1 nitrogen and oxygen atoms in total. The Morgan fingerprint density at radius 1 is 0.346 bits per heavy atom. The second-order valence-electron chi connectivity index (χ2n) is 14.3. The zero-order valence-electron chi connectivity index (χ0n) is 28.2. The summed E-state index contributed by atoms with van der Waals surface area (Å²) in [6.07, 6.45) is 0. The van der Waals surface area contributed by atoms with Crippen LogP contribution in [-0.2, 0) is 5.41 Å². The summed E-state index contributed by atoms with van der Waals surface area (Å²) < 4.78 is 6.57. The Morgan fingerprint density at radius 2 is 1.00 bits per heavy atom. The van der Waals surface area contributed by atoms with Crippen LogP contribution in [0.15, 0.2) is 186 Å². The summed E-state index contributed by atoms with van der Waals surface area (Å²) >= 11 is 0. The summed E-state index contributed by atoms with van der Waals surface area (Å²) in [5.74, 6) is 0. The molecule has 0 saturated carbocycles. The molecule has 0 aliphatic heterocycles. The van der Waals surface area contributed by atoms with Gasteiger partial charge in [-0.25, -0.2) is 0 Å². The Morgan fingerprint density at radius 3 is 1.79 bits per heavy atom. The fourth-order valence-electron chi connectivity index (χ4n) is 9.78. The van der Waals surface area contributed by atoms with Crippen LogP contribution in [0, 0.1) is 0 Å². The molecular formula is C51H30O. The van der Waals surface area contributed by atoms with Crippen LogP contribution in [0.4, 0.5) is 0 Å². The highest BCUT2D eigenvalue weighted by Gasteiger charge is 2.53. The Kier molecular flexibility index (Phi) is 5.49. The molecule has 0 amide bonds. The first kappa shape index (κ1) is 28.0. The Balaban J connectivity index is 1.24. The van der Waals surface area contributed by atoms with Gasteiger partial charge in [0.25, 0.3) is 0 Å². The van der Waals surface area contributed by atoms with Crippen molar-refractivity contribution < 1.29 is 4.42 Å². The van der Waals surface area contributed by atoms with Crippen LogP contribution in [0.25, 0.3) is 88.0 Å². The fraction of sp³-hybridized carbons (Fsp3) is 0.0196.